The number of hydrogen-bond acceptors (Lipinski definition) is 4. The first-order valence-corrected chi connectivity index (χ1v) is 13.6. The summed E-state index contributed by atoms with van der Waals surface area (Å²) in [6, 6.07) is 20.6. The Kier molecular flexibility index (Phi) is 6.97. The van der Waals surface area contributed by atoms with Crippen LogP contribution in [0.4, 0.5) is 5.69 Å². The summed E-state index contributed by atoms with van der Waals surface area (Å²) in [5.41, 5.74) is 8.68. The highest BCUT2D eigenvalue weighted by atomic mass is 32.2. The van der Waals surface area contributed by atoms with Crippen LogP contribution in [0.25, 0.3) is 17.0 Å². The Hall–Kier alpha value is -3.35. The quantitative estimate of drug-likeness (QED) is 0.191. The van der Waals surface area contributed by atoms with Gasteiger partial charge in [0.1, 0.15) is 12.4 Å². The molecule has 1 saturated heterocycles. The Morgan fingerprint density at radius 1 is 0.919 bits per heavy atom. The lowest BCUT2D eigenvalue weighted by Gasteiger charge is -2.14. The second-order valence-corrected chi connectivity index (χ2v) is 11.3. The molecule has 0 N–H and O–H groups in total. The molecule has 1 amide bonds. The number of thioether (sulfide) groups is 1. The van der Waals surface area contributed by atoms with Crippen LogP contribution in [0.15, 0.2) is 65.6 Å². The van der Waals surface area contributed by atoms with E-state index < -0.39 is 0 Å². The third-order valence-corrected chi connectivity index (χ3v) is 8.07. The van der Waals surface area contributed by atoms with E-state index in [2.05, 4.69) is 68.7 Å². The number of nitrogens with zero attached hydrogens (tertiary/aromatic N) is 2. The largest absolute Gasteiger partial charge is 0.491 e. The van der Waals surface area contributed by atoms with E-state index in [0.29, 0.717) is 22.4 Å². The summed E-state index contributed by atoms with van der Waals surface area (Å²) in [5, 5.41) is 1.13. The number of hydrogen-bond donors (Lipinski definition) is 0. The van der Waals surface area contributed by atoms with Crippen LogP contribution in [0, 0.1) is 34.6 Å². The molecule has 1 fully saturated rings. The molecule has 3 aromatic carbocycles. The van der Waals surface area contributed by atoms with Crippen molar-refractivity contribution in [3.63, 3.8) is 0 Å². The normalized spacial score (nSPS) is 14.8. The van der Waals surface area contributed by atoms with Crippen LogP contribution in [-0.2, 0) is 11.3 Å². The van der Waals surface area contributed by atoms with Gasteiger partial charge in [-0.3, -0.25) is 9.69 Å². The van der Waals surface area contributed by atoms with Crippen molar-refractivity contribution < 1.29 is 9.53 Å². The smallest absolute Gasteiger partial charge is 0.270 e. The summed E-state index contributed by atoms with van der Waals surface area (Å²) in [6.07, 6.45) is 2.01. The second kappa shape index (κ2) is 10.2. The second-order valence-electron chi connectivity index (χ2n) is 9.64. The Morgan fingerprint density at radius 3 is 2.43 bits per heavy atom. The third-order valence-electron chi connectivity index (χ3n) is 6.77. The molecule has 0 spiro atoms. The molecule has 0 aliphatic carbocycles. The third kappa shape index (κ3) is 4.96. The molecule has 4 nitrogen and oxygen atoms in total. The van der Waals surface area contributed by atoms with Gasteiger partial charge < -0.3 is 9.30 Å². The van der Waals surface area contributed by atoms with E-state index in [1.54, 1.807) is 4.90 Å². The lowest BCUT2D eigenvalue weighted by atomic mass is 10.1. The first-order chi connectivity index (χ1) is 17.7. The van der Waals surface area contributed by atoms with Gasteiger partial charge >= 0.3 is 0 Å². The number of ether oxygens (including phenoxy) is 1. The van der Waals surface area contributed by atoms with Gasteiger partial charge in [-0.15, -0.1) is 0 Å². The highest BCUT2D eigenvalue weighted by molar-refractivity contribution is 8.27. The number of aromatic nitrogens is 1. The van der Waals surface area contributed by atoms with Crippen molar-refractivity contribution in [3.05, 3.63) is 99.1 Å². The van der Waals surface area contributed by atoms with Gasteiger partial charge in [0.15, 0.2) is 4.32 Å². The van der Waals surface area contributed by atoms with E-state index in [4.69, 9.17) is 17.0 Å². The molecule has 0 atom stereocenters. The number of amides is 1. The first-order valence-electron chi connectivity index (χ1n) is 12.4. The Morgan fingerprint density at radius 2 is 1.65 bits per heavy atom. The van der Waals surface area contributed by atoms with Crippen LogP contribution in [-0.4, -0.2) is 21.4 Å². The molecule has 1 aliphatic heterocycles. The summed E-state index contributed by atoms with van der Waals surface area (Å²) >= 11 is 6.98. The zero-order valence-corrected chi connectivity index (χ0v) is 23.4. The maximum atomic E-state index is 13.5. The van der Waals surface area contributed by atoms with Gasteiger partial charge in [0, 0.05) is 22.2 Å². The minimum absolute atomic E-state index is 0.0770. The molecule has 1 aliphatic rings. The van der Waals surface area contributed by atoms with Crippen molar-refractivity contribution in [2.45, 2.75) is 41.2 Å². The van der Waals surface area contributed by atoms with Crippen molar-refractivity contribution in [3.8, 4) is 5.75 Å². The van der Waals surface area contributed by atoms with Crippen molar-refractivity contribution >= 4 is 56.9 Å². The fraction of sp³-hybridized carbons (Fsp3) is 0.226. The fourth-order valence-electron chi connectivity index (χ4n) is 4.79. The van der Waals surface area contributed by atoms with Gasteiger partial charge in [-0.25, -0.2) is 0 Å². The Balaban J connectivity index is 1.48. The number of carbonyl (C=O) groups excluding carboxylic acids is 1. The minimum atomic E-state index is -0.0770. The molecule has 1 aromatic heterocycles. The van der Waals surface area contributed by atoms with Gasteiger partial charge in [-0.05, 0) is 87.7 Å². The number of benzene rings is 3. The average molecular weight is 527 g/mol. The van der Waals surface area contributed by atoms with Crippen LogP contribution in [0.1, 0.15) is 33.5 Å². The average Bonchev–Trinajstić information content (AvgIpc) is 3.28. The van der Waals surface area contributed by atoms with Crippen molar-refractivity contribution in [2.24, 2.45) is 0 Å². The number of carbonyl (C=O) groups is 1. The number of thiocarbonyl (C=S) groups is 1. The number of fused-ring (bicyclic) bond motifs is 1. The van der Waals surface area contributed by atoms with Crippen LogP contribution in [0.2, 0.25) is 0 Å². The van der Waals surface area contributed by atoms with E-state index in [1.807, 2.05) is 37.3 Å². The molecule has 0 bridgehead atoms. The summed E-state index contributed by atoms with van der Waals surface area (Å²) in [4.78, 5) is 15.7. The summed E-state index contributed by atoms with van der Waals surface area (Å²) < 4.78 is 9.02. The van der Waals surface area contributed by atoms with Crippen LogP contribution < -0.4 is 9.64 Å². The number of anilines is 1. The van der Waals surface area contributed by atoms with E-state index in [9.17, 15) is 4.79 Å². The first kappa shape index (κ1) is 25.3. The Labute approximate surface area is 227 Å². The van der Waals surface area contributed by atoms with Crippen LogP contribution in [0.3, 0.4) is 0 Å². The molecule has 0 saturated carbocycles. The standard InChI is InChI=1S/C31H30N2O2S2/c1-19-7-6-8-24(15-19)33-30(34)29(37-31(33)36)18-25-23(5)32(27-12-10-20(2)16-26(25)27)13-14-35-28-17-21(3)9-11-22(28)4/h6-12,15-18H,13-14H2,1-5H3/b29-18-. The van der Waals surface area contributed by atoms with Crippen molar-refractivity contribution in [1.82, 2.24) is 4.57 Å². The summed E-state index contributed by atoms with van der Waals surface area (Å²) in [5.74, 6) is 0.844. The maximum Gasteiger partial charge on any atom is 0.270 e. The SMILES string of the molecule is Cc1cccc(N2C(=O)/C(=C/c3c(C)n(CCOc4cc(C)ccc4C)c4ccc(C)cc34)SC2=S)c1. The van der Waals surface area contributed by atoms with E-state index in [-0.39, 0.29) is 5.91 Å². The van der Waals surface area contributed by atoms with Gasteiger partial charge in [-0.1, -0.05) is 59.9 Å². The van der Waals surface area contributed by atoms with Gasteiger partial charge in [-0.2, -0.15) is 0 Å². The van der Waals surface area contributed by atoms with Crippen LogP contribution >= 0.6 is 24.0 Å². The molecule has 37 heavy (non-hydrogen) atoms. The van der Waals surface area contributed by atoms with Gasteiger partial charge in [0.25, 0.3) is 5.91 Å². The summed E-state index contributed by atoms with van der Waals surface area (Å²) in [7, 11) is 0. The van der Waals surface area contributed by atoms with Crippen molar-refractivity contribution in [2.75, 3.05) is 11.5 Å². The zero-order valence-electron chi connectivity index (χ0n) is 21.8. The molecular formula is C31H30N2O2S2. The molecule has 4 aromatic rings. The highest BCUT2D eigenvalue weighted by Gasteiger charge is 2.33. The number of rotatable bonds is 6. The lowest BCUT2D eigenvalue weighted by Crippen LogP contribution is -2.27. The number of aryl methyl sites for hydroxylation is 4. The predicted octanol–water partition coefficient (Wildman–Crippen LogP) is 7.67. The molecule has 0 radical (unpaired) electrons. The molecule has 5 rings (SSSR count). The van der Waals surface area contributed by atoms with Crippen LogP contribution in [0.5, 0.6) is 5.75 Å². The topological polar surface area (TPSA) is 34.5 Å². The molecular weight excluding hydrogens is 496 g/mol. The van der Waals surface area contributed by atoms with E-state index in [1.165, 1.54) is 22.9 Å². The predicted molar refractivity (Wildman–Crippen MR) is 160 cm³/mol. The molecule has 6 heteroatoms. The zero-order chi connectivity index (χ0) is 26.3. The molecule has 188 valence electrons. The molecule has 2 heterocycles. The molecule has 0 unspecified atom stereocenters. The Bertz CT molecular complexity index is 1580. The van der Waals surface area contributed by atoms with E-state index >= 15 is 0 Å². The van der Waals surface area contributed by atoms with Gasteiger partial charge in [0.2, 0.25) is 0 Å². The summed E-state index contributed by atoms with van der Waals surface area (Å²) in [6.45, 7) is 11.6. The highest BCUT2D eigenvalue weighted by Crippen LogP contribution is 2.38. The minimum Gasteiger partial charge on any atom is -0.491 e. The van der Waals surface area contributed by atoms with Gasteiger partial charge in [0.05, 0.1) is 17.1 Å². The fourth-order valence-corrected chi connectivity index (χ4v) is 6.07. The van der Waals surface area contributed by atoms with E-state index in [0.717, 1.165) is 44.7 Å². The van der Waals surface area contributed by atoms with Crippen molar-refractivity contribution in [1.29, 1.82) is 0 Å². The lowest BCUT2D eigenvalue weighted by molar-refractivity contribution is -0.113. The monoisotopic (exact) mass is 526 g/mol. The maximum absolute atomic E-state index is 13.5.